The van der Waals surface area contributed by atoms with Gasteiger partial charge >= 0.3 is 5.97 Å². The first kappa shape index (κ1) is 14.8. The predicted octanol–water partition coefficient (Wildman–Crippen LogP) is 2.38. The van der Waals surface area contributed by atoms with Gasteiger partial charge in [-0.15, -0.1) is 0 Å². The third kappa shape index (κ3) is 4.18. The van der Waals surface area contributed by atoms with Gasteiger partial charge in [-0.1, -0.05) is 13.8 Å². The van der Waals surface area contributed by atoms with Gasteiger partial charge in [-0.2, -0.15) is 0 Å². The van der Waals surface area contributed by atoms with Crippen molar-refractivity contribution in [2.75, 3.05) is 19.7 Å². The molecule has 1 aliphatic heterocycles. The number of hydrogen-bond acceptors (Lipinski definition) is 3. The maximum Gasteiger partial charge on any atom is 0.329 e. The summed E-state index contributed by atoms with van der Waals surface area (Å²) in [5.74, 6) is 0.838. The lowest BCUT2D eigenvalue weighted by Gasteiger charge is -2.42. The van der Waals surface area contributed by atoms with Crippen LogP contribution in [0.25, 0.3) is 0 Å². The van der Waals surface area contributed by atoms with Crippen LogP contribution < -0.4 is 0 Å². The molecule has 0 aromatic heterocycles. The lowest BCUT2D eigenvalue weighted by molar-refractivity contribution is -0.145. The van der Waals surface area contributed by atoms with Gasteiger partial charge in [0.05, 0.1) is 6.10 Å². The average Bonchev–Trinajstić information content (AvgIpc) is 2.40. The molecule has 1 saturated carbocycles. The van der Waals surface area contributed by atoms with Gasteiger partial charge in [-0.25, -0.2) is 4.79 Å². The van der Waals surface area contributed by atoms with E-state index in [9.17, 15) is 4.79 Å². The highest BCUT2D eigenvalue weighted by Crippen LogP contribution is 2.33. The first-order valence-corrected chi connectivity index (χ1v) is 7.63. The zero-order valence-electron chi connectivity index (χ0n) is 12.2. The summed E-state index contributed by atoms with van der Waals surface area (Å²) in [5, 5.41) is 8.62. The number of ether oxygens (including phenoxy) is 1. The molecule has 4 heteroatoms. The number of rotatable bonds is 4. The molecule has 2 fully saturated rings. The summed E-state index contributed by atoms with van der Waals surface area (Å²) in [4.78, 5) is 13.1. The lowest BCUT2D eigenvalue weighted by atomic mass is 9.78. The Morgan fingerprint density at radius 2 is 1.84 bits per heavy atom. The zero-order chi connectivity index (χ0) is 13.8. The first-order valence-electron chi connectivity index (χ1n) is 7.63. The van der Waals surface area contributed by atoms with Crippen LogP contribution in [0.15, 0.2) is 0 Å². The highest BCUT2D eigenvalue weighted by atomic mass is 16.5. The van der Waals surface area contributed by atoms with Crippen molar-refractivity contribution in [1.82, 2.24) is 4.90 Å². The molecule has 3 atom stereocenters. The van der Waals surface area contributed by atoms with Gasteiger partial charge < -0.3 is 14.7 Å². The van der Waals surface area contributed by atoms with Crippen LogP contribution in [0, 0.1) is 11.8 Å². The topological polar surface area (TPSA) is 49.8 Å². The minimum Gasteiger partial charge on any atom is -0.480 e. The number of carboxylic acids is 1. The van der Waals surface area contributed by atoms with E-state index in [1.54, 1.807) is 0 Å². The molecule has 1 N–H and O–H groups in total. The van der Waals surface area contributed by atoms with Crippen molar-refractivity contribution < 1.29 is 14.6 Å². The van der Waals surface area contributed by atoms with E-state index in [2.05, 4.69) is 18.7 Å². The van der Waals surface area contributed by atoms with Crippen molar-refractivity contribution in [3.05, 3.63) is 0 Å². The van der Waals surface area contributed by atoms with Crippen LogP contribution in [0.1, 0.15) is 46.0 Å². The summed E-state index contributed by atoms with van der Waals surface area (Å²) in [5.41, 5.74) is 0. The van der Waals surface area contributed by atoms with Gasteiger partial charge in [0.1, 0.15) is 6.61 Å². The number of hydrogen-bond donors (Lipinski definition) is 1. The Kier molecular flexibility index (Phi) is 5.22. The van der Waals surface area contributed by atoms with E-state index < -0.39 is 5.97 Å². The number of nitrogens with zero attached hydrogens (tertiary/aromatic N) is 1. The molecule has 0 radical (unpaired) electrons. The number of carbonyl (C=O) groups is 1. The summed E-state index contributed by atoms with van der Waals surface area (Å²) in [6, 6.07) is 0.742. The molecule has 1 heterocycles. The third-order valence-corrected chi connectivity index (χ3v) is 5.01. The Balaban J connectivity index is 1.72. The van der Waals surface area contributed by atoms with Crippen LogP contribution in [0.3, 0.4) is 0 Å². The fourth-order valence-electron chi connectivity index (χ4n) is 3.45. The quantitative estimate of drug-likeness (QED) is 0.851. The highest BCUT2D eigenvalue weighted by Gasteiger charge is 2.31. The number of piperidine rings is 1. The van der Waals surface area contributed by atoms with Crippen LogP contribution in [0.2, 0.25) is 0 Å². The molecule has 0 amide bonds. The van der Waals surface area contributed by atoms with Gasteiger partial charge in [0, 0.05) is 19.1 Å². The second-order valence-electron chi connectivity index (χ2n) is 6.36. The predicted molar refractivity (Wildman–Crippen MR) is 74.1 cm³/mol. The zero-order valence-corrected chi connectivity index (χ0v) is 12.2. The Bertz CT molecular complexity index is 300. The normalized spacial score (nSPS) is 34.3. The van der Waals surface area contributed by atoms with Crippen molar-refractivity contribution in [1.29, 1.82) is 0 Å². The molecule has 0 bridgehead atoms. The molecule has 19 heavy (non-hydrogen) atoms. The first-order chi connectivity index (χ1) is 9.06. The summed E-state index contributed by atoms with van der Waals surface area (Å²) < 4.78 is 5.39. The standard InChI is InChI=1S/C15H27NO3/c1-11-3-4-13(9-12(11)2)16-7-5-14(6-8-16)19-10-15(17)18/h11-14H,3-10H2,1-2H3,(H,17,18). The molecule has 2 aliphatic rings. The molecular formula is C15H27NO3. The molecule has 4 nitrogen and oxygen atoms in total. The smallest absolute Gasteiger partial charge is 0.329 e. The number of aliphatic carboxylic acids is 1. The van der Waals surface area contributed by atoms with Crippen LogP contribution in [0.4, 0.5) is 0 Å². The minimum atomic E-state index is -0.863. The monoisotopic (exact) mass is 269 g/mol. The summed E-state index contributed by atoms with van der Waals surface area (Å²) in [6.07, 6.45) is 6.10. The van der Waals surface area contributed by atoms with Crippen LogP contribution in [-0.4, -0.2) is 47.8 Å². The van der Waals surface area contributed by atoms with E-state index in [-0.39, 0.29) is 12.7 Å². The SMILES string of the molecule is CC1CCC(N2CCC(OCC(=O)O)CC2)CC1C. The second kappa shape index (κ2) is 6.71. The molecule has 2 rings (SSSR count). The van der Waals surface area contributed by atoms with E-state index in [0.29, 0.717) is 0 Å². The fourth-order valence-corrected chi connectivity index (χ4v) is 3.45. The molecule has 1 aliphatic carbocycles. The average molecular weight is 269 g/mol. The van der Waals surface area contributed by atoms with Crippen LogP contribution in [-0.2, 0) is 9.53 Å². The van der Waals surface area contributed by atoms with Crippen molar-refractivity contribution in [2.24, 2.45) is 11.8 Å². The van der Waals surface area contributed by atoms with Crippen molar-refractivity contribution in [2.45, 2.75) is 58.1 Å². The van der Waals surface area contributed by atoms with E-state index in [4.69, 9.17) is 9.84 Å². The second-order valence-corrected chi connectivity index (χ2v) is 6.36. The Labute approximate surface area is 116 Å². The highest BCUT2D eigenvalue weighted by molar-refractivity contribution is 5.68. The van der Waals surface area contributed by atoms with Crippen LogP contribution >= 0.6 is 0 Å². The molecule has 0 aromatic rings. The van der Waals surface area contributed by atoms with Gasteiger partial charge in [-0.05, 0) is 43.9 Å². The fraction of sp³-hybridized carbons (Fsp3) is 0.933. The van der Waals surface area contributed by atoms with E-state index >= 15 is 0 Å². The Morgan fingerprint density at radius 1 is 1.16 bits per heavy atom. The van der Waals surface area contributed by atoms with Gasteiger partial charge in [0.2, 0.25) is 0 Å². The molecule has 3 unspecified atom stereocenters. The molecular weight excluding hydrogens is 242 g/mol. The van der Waals surface area contributed by atoms with E-state index in [0.717, 1.165) is 43.8 Å². The number of likely N-dealkylation sites (tertiary alicyclic amines) is 1. The van der Waals surface area contributed by atoms with Crippen molar-refractivity contribution in [3.8, 4) is 0 Å². The van der Waals surface area contributed by atoms with Crippen molar-refractivity contribution >= 4 is 5.97 Å². The van der Waals surface area contributed by atoms with Crippen molar-refractivity contribution in [3.63, 3.8) is 0 Å². The maximum absolute atomic E-state index is 10.5. The van der Waals surface area contributed by atoms with Gasteiger partial charge in [-0.3, -0.25) is 0 Å². The van der Waals surface area contributed by atoms with E-state index in [1.807, 2.05) is 0 Å². The molecule has 110 valence electrons. The lowest BCUT2D eigenvalue weighted by Crippen LogP contribution is -2.46. The van der Waals surface area contributed by atoms with Gasteiger partial charge in [0.25, 0.3) is 0 Å². The Morgan fingerprint density at radius 3 is 2.42 bits per heavy atom. The molecule has 1 saturated heterocycles. The van der Waals surface area contributed by atoms with Gasteiger partial charge in [0.15, 0.2) is 0 Å². The largest absolute Gasteiger partial charge is 0.480 e. The molecule has 0 aromatic carbocycles. The summed E-state index contributed by atoms with van der Waals surface area (Å²) in [7, 11) is 0. The summed E-state index contributed by atoms with van der Waals surface area (Å²) >= 11 is 0. The molecule has 0 spiro atoms. The number of carboxylic acid groups (broad SMARTS) is 1. The maximum atomic E-state index is 10.5. The minimum absolute atomic E-state index is 0.146. The van der Waals surface area contributed by atoms with E-state index in [1.165, 1.54) is 19.3 Å². The third-order valence-electron chi connectivity index (χ3n) is 5.01. The Hall–Kier alpha value is -0.610. The van der Waals surface area contributed by atoms with Crippen LogP contribution in [0.5, 0.6) is 0 Å². The summed E-state index contributed by atoms with van der Waals surface area (Å²) in [6.45, 7) is 6.72.